The molecule has 16 heavy (non-hydrogen) atoms. The lowest BCUT2D eigenvalue weighted by molar-refractivity contribution is 0.0921. The summed E-state index contributed by atoms with van der Waals surface area (Å²) in [4.78, 5) is 0. The molecule has 2 heterocycles. The van der Waals surface area contributed by atoms with Crippen LogP contribution in [0.4, 0.5) is 4.39 Å². The van der Waals surface area contributed by atoms with E-state index in [9.17, 15) is 12.8 Å². The first kappa shape index (κ1) is 11.0. The predicted molar refractivity (Wildman–Crippen MR) is 59.7 cm³/mol. The maximum Gasteiger partial charge on any atom is 0.150 e. The molecule has 5 heteroatoms. The highest BCUT2D eigenvalue weighted by Crippen LogP contribution is 2.50. The van der Waals surface area contributed by atoms with Crippen LogP contribution in [0.15, 0.2) is 0 Å². The Morgan fingerprint density at radius 2 is 1.81 bits per heavy atom. The SMILES string of the molecule is O=S1(=O)CCC(C2(F)CC3CNCC3C2)C1. The van der Waals surface area contributed by atoms with Gasteiger partial charge in [-0.3, -0.25) is 0 Å². The number of sulfone groups is 1. The van der Waals surface area contributed by atoms with Crippen LogP contribution >= 0.6 is 0 Å². The standard InChI is InChI=1S/C11H18FNO2S/c12-11(10-1-2-16(14,15)7-10)3-8-5-13-6-9(8)4-11/h8-10,13H,1-7H2. The molecule has 2 saturated heterocycles. The first-order chi connectivity index (χ1) is 7.49. The quantitative estimate of drug-likeness (QED) is 0.744. The fourth-order valence-electron chi connectivity index (χ4n) is 3.76. The average molecular weight is 247 g/mol. The second-order valence-corrected chi connectivity index (χ2v) is 7.95. The van der Waals surface area contributed by atoms with Crippen LogP contribution in [0.25, 0.3) is 0 Å². The van der Waals surface area contributed by atoms with Crippen molar-refractivity contribution in [1.82, 2.24) is 5.32 Å². The second-order valence-electron chi connectivity index (χ2n) is 5.72. The third-order valence-corrected chi connectivity index (χ3v) is 6.41. The van der Waals surface area contributed by atoms with E-state index in [4.69, 9.17) is 0 Å². The third kappa shape index (κ3) is 1.68. The minimum atomic E-state index is -2.95. The van der Waals surface area contributed by atoms with Crippen molar-refractivity contribution in [3.63, 3.8) is 0 Å². The summed E-state index contributed by atoms with van der Waals surface area (Å²) in [6, 6.07) is 0. The number of alkyl halides is 1. The molecule has 1 aliphatic carbocycles. The molecule has 2 aliphatic heterocycles. The van der Waals surface area contributed by atoms with E-state index in [1.54, 1.807) is 0 Å². The normalized spacial score (nSPS) is 50.7. The van der Waals surface area contributed by atoms with Gasteiger partial charge in [0.2, 0.25) is 0 Å². The zero-order chi connectivity index (χ0) is 11.4. The molecule has 3 aliphatic rings. The number of nitrogens with one attached hydrogen (secondary N) is 1. The van der Waals surface area contributed by atoms with E-state index in [2.05, 4.69) is 5.32 Å². The Kier molecular flexibility index (Phi) is 2.34. The van der Waals surface area contributed by atoms with E-state index in [0.717, 1.165) is 13.1 Å². The van der Waals surface area contributed by atoms with Crippen LogP contribution in [0.5, 0.6) is 0 Å². The largest absolute Gasteiger partial charge is 0.316 e. The molecule has 3 unspecified atom stereocenters. The van der Waals surface area contributed by atoms with Gasteiger partial charge >= 0.3 is 0 Å². The van der Waals surface area contributed by atoms with Gasteiger partial charge in [-0.05, 0) is 44.2 Å². The highest BCUT2D eigenvalue weighted by molar-refractivity contribution is 7.91. The number of hydrogen-bond acceptors (Lipinski definition) is 3. The fraction of sp³-hybridized carbons (Fsp3) is 1.00. The minimum Gasteiger partial charge on any atom is -0.316 e. The molecule has 0 aromatic rings. The summed E-state index contributed by atoms with van der Waals surface area (Å²) in [6.45, 7) is 1.83. The van der Waals surface area contributed by atoms with Gasteiger partial charge in [0.1, 0.15) is 5.67 Å². The van der Waals surface area contributed by atoms with Crippen molar-refractivity contribution in [3.05, 3.63) is 0 Å². The number of fused-ring (bicyclic) bond motifs is 1. The first-order valence-electron chi connectivity index (χ1n) is 6.09. The van der Waals surface area contributed by atoms with Crippen LogP contribution in [-0.2, 0) is 9.84 Å². The molecule has 0 radical (unpaired) electrons. The molecule has 92 valence electrons. The summed E-state index contributed by atoms with van der Waals surface area (Å²) >= 11 is 0. The predicted octanol–water partition coefficient (Wildman–Crippen LogP) is 0.759. The molecular weight excluding hydrogens is 229 g/mol. The molecule has 0 aromatic carbocycles. The van der Waals surface area contributed by atoms with E-state index in [-0.39, 0.29) is 17.4 Å². The first-order valence-corrected chi connectivity index (χ1v) is 7.91. The molecule has 0 amide bonds. The Labute approximate surface area is 95.7 Å². The number of halogens is 1. The Morgan fingerprint density at radius 1 is 1.19 bits per heavy atom. The van der Waals surface area contributed by atoms with Gasteiger partial charge in [0.25, 0.3) is 0 Å². The van der Waals surface area contributed by atoms with E-state index >= 15 is 0 Å². The van der Waals surface area contributed by atoms with Crippen LogP contribution in [0, 0.1) is 17.8 Å². The monoisotopic (exact) mass is 247 g/mol. The van der Waals surface area contributed by atoms with Gasteiger partial charge in [0.05, 0.1) is 11.5 Å². The zero-order valence-electron chi connectivity index (χ0n) is 9.28. The molecule has 0 aromatic heterocycles. The molecule has 3 fully saturated rings. The molecule has 0 spiro atoms. The Bertz CT molecular complexity index is 383. The lowest BCUT2D eigenvalue weighted by Gasteiger charge is -2.26. The summed E-state index contributed by atoms with van der Waals surface area (Å²) in [6.07, 6.45) is 1.68. The van der Waals surface area contributed by atoms with Crippen molar-refractivity contribution in [2.24, 2.45) is 17.8 Å². The molecule has 0 bridgehead atoms. The molecule has 1 N–H and O–H groups in total. The molecule has 1 saturated carbocycles. The number of rotatable bonds is 1. The van der Waals surface area contributed by atoms with E-state index in [1.165, 1.54) is 0 Å². The molecular formula is C11H18FNO2S. The fourth-order valence-corrected chi connectivity index (χ4v) is 5.65. The van der Waals surface area contributed by atoms with Crippen molar-refractivity contribution in [1.29, 1.82) is 0 Å². The van der Waals surface area contributed by atoms with E-state index < -0.39 is 15.5 Å². The summed E-state index contributed by atoms with van der Waals surface area (Å²) in [7, 11) is -2.95. The number of hydrogen-bond donors (Lipinski definition) is 1. The van der Waals surface area contributed by atoms with Gasteiger partial charge in [-0.25, -0.2) is 12.8 Å². The zero-order valence-corrected chi connectivity index (χ0v) is 10.1. The van der Waals surface area contributed by atoms with Crippen LogP contribution in [0.2, 0.25) is 0 Å². The Hall–Kier alpha value is -0.160. The van der Waals surface area contributed by atoms with Crippen molar-refractivity contribution in [2.45, 2.75) is 24.9 Å². The lowest BCUT2D eigenvalue weighted by Crippen LogP contribution is -2.33. The van der Waals surface area contributed by atoms with Crippen LogP contribution in [-0.4, -0.2) is 38.7 Å². The van der Waals surface area contributed by atoms with Gasteiger partial charge in [0, 0.05) is 5.92 Å². The van der Waals surface area contributed by atoms with E-state index in [0.29, 0.717) is 31.1 Å². The third-order valence-electron chi connectivity index (χ3n) is 4.65. The van der Waals surface area contributed by atoms with Crippen molar-refractivity contribution in [3.8, 4) is 0 Å². The van der Waals surface area contributed by atoms with Crippen LogP contribution < -0.4 is 5.32 Å². The van der Waals surface area contributed by atoms with E-state index in [1.807, 2.05) is 0 Å². The van der Waals surface area contributed by atoms with Gasteiger partial charge < -0.3 is 5.32 Å². The summed E-state index contributed by atoms with van der Waals surface area (Å²) in [5.41, 5.74) is -1.19. The second kappa shape index (κ2) is 3.42. The Morgan fingerprint density at radius 3 is 2.31 bits per heavy atom. The maximum atomic E-state index is 14.8. The summed E-state index contributed by atoms with van der Waals surface area (Å²) < 4.78 is 37.6. The molecule has 3 atom stereocenters. The van der Waals surface area contributed by atoms with Gasteiger partial charge in [0.15, 0.2) is 9.84 Å². The summed E-state index contributed by atoms with van der Waals surface area (Å²) in [5, 5.41) is 3.28. The highest BCUT2D eigenvalue weighted by atomic mass is 32.2. The minimum absolute atomic E-state index is 0.0797. The average Bonchev–Trinajstić information content (AvgIpc) is 2.78. The van der Waals surface area contributed by atoms with Crippen molar-refractivity contribution < 1.29 is 12.8 Å². The topological polar surface area (TPSA) is 46.2 Å². The lowest BCUT2D eigenvalue weighted by atomic mass is 9.86. The summed E-state index contributed by atoms with van der Waals surface area (Å²) in [5.74, 6) is 0.914. The van der Waals surface area contributed by atoms with Crippen LogP contribution in [0.3, 0.4) is 0 Å². The van der Waals surface area contributed by atoms with Gasteiger partial charge in [-0.2, -0.15) is 0 Å². The van der Waals surface area contributed by atoms with Gasteiger partial charge in [-0.15, -0.1) is 0 Å². The maximum absolute atomic E-state index is 14.8. The Balaban J connectivity index is 1.76. The van der Waals surface area contributed by atoms with Crippen molar-refractivity contribution in [2.75, 3.05) is 24.6 Å². The molecule has 3 rings (SSSR count). The van der Waals surface area contributed by atoms with Crippen LogP contribution in [0.1, 0.15) is 19.3 Å². The van der Waals surface area contributed by atoms with Gasteiger partial charge in [-0.1, -0.05) is 0 Å². The van der Waals surface area contributed by atoms with Crippen molar-refractivity contribution >= 4 is 9.84 Å². The molecule has 3 nitrogen and oxygen atoms in total. The highest BCUT2D eigenvalue weighted by Gasteiger charge is 2.53. The smallest absolute Gasteiger partial charge is 0.150 e.